The van der Waals surface area contributed by atoms with Crippen molar-refractivity contribution in [3.05, 3.63) is 38.7 Å². The number of hydrogen-bond acceptors (Lipinski definition) is 5. The van der Waals surface area contributed by atoms with Crippen LogP contribution in [0.15, 0.2) is 27.1 Å². The molecule has 20 heavy (non-hydrogen) atoms. The van der Waals surface area contributed by atoms with Crippen molar-refractivity contribution in [2.24, 2.45) is 0 Å². The molecule has 2 N–H and O–H groups in total. The first-order valence-corrected chi connectivity index (χ1v) is 7.34. The van der Waals surface area contributed by atoms with Gasteiger partial charge in [0.05, 0.1) is 16.1 Å². The number of methoxy groups -OCH3 is 1. The number of hydrogen-bond donors (Lipinski definition) is 1. The van der Waals surface area contributed by atoms with Crippen molar-refractivity contribution in [2.75, 3.05) is 12.8 Å². The van der Waals surface area contributed by atoms with Crippen LogP contribution in [0, 0.1) is 6.92 Å². The average molecular weight is 403 g/mol. The van der Waals surface area contributed by atoms with E-state index in [1.807, 2.05) is 19.1 Å². The summed E-state index contributed by atoms with van der Waals surface area (Å²) in [4.78, 5) is 8.39. The van der Waals surface area contributed by atoms with Crippen LogP contribution in [0.2, 0.25) is 0 Å². The van der Waals surface area contributed by atoms with E-state index in [2.05, 4.69) is 41.8 Å². The first-order chi connectivity index (χ1) is 9.49. The summed E-state index contributed by atoms with van der Waals surface area (Å²) in [7, 11) is 1.61. The number of nitrogens with zero attached hydrogens (tertiary/aromatic N) is 2. The standard InChI is InChI=1S/C13H13Br2N3O2/c1-7-3-12(16)18-13(17-7)6-20-11-5-8(14)10(19-2)4-9(11)15/h3-5H,6H2,1-2H3,(H2,16,17,18). The fourth-order valence-corrected chi connectivity index (χ4v) is 2.56. The van der Waals surface area contributed by atoms with Crippen LogP contribution >= 0.6 is 31.9 Å². The molecule has 0 saturated carbocycles. The molecule has 0 spiro atoms. The quantitative estimate of drug-likeness (QED) is 0.847. The number of halogens is 2. The number of ether oxygens (including phenoxy) is 2. The average Bonchev–Trinajstić information content (AvgIpc) is 2.38. The lowest BCUT2D eigenvalue weighted by Crippen LogP contribution is -2.05. The van der Waals surface area contributed by atoms with E-state index in [1.54, 1.807) is 13.2 Å². The number of benzene rings is 1. The number of nitrogen functional groups attached to an aromatic ring is 1. The largest absolute Gasteiger partial charge is 0.496 e. The van der Waals surface area contributed by atoms with E-state index >= 15 is 0 Å². The van der Waals surface area contributed by atoms with E-state index in [0.29, 0.717) is 17.4 Å². The van der Waals surface area contributed by atoms with Gasteiger partial charge >= 0.3 is 0 Å². The minimum Gasteiger partial charge on any atom is -0.496 e. The zero-order valence-corrected chi connectivity index (χ0v) is 14.2. The van der Waals surface area contributed by atoms with E-state index in [0.717, 1.165) is 20.4 Å². The maximum Gasteiger partial charge on any atom is 0.168 e. The SMILES string of the molecule is COc1cc(Br)c(OCc2nc(C)cc(N)n2)cc1Br. The summed E-state index contributed by atoms with van der Waals surface area (Å²) < 4.78 is 12.5. The van der Waals surface area contributed by atoms with Crippen molar-refractivity contribution in [2.45, 2.75) is 13.5 Å². The van der Waals surface area contributed by atoms with Crippen LogP contribution in [0.4, 0.5) is 5.82 Å². The maximum absolute atomic E-state index is 5.70. The van der Waals surface area contributed by atoms with Gasteiger partial charge in [0.2, 0.25) is 0 Å². The second-order valence-electron chi connectivity index (χ2n) is 4.06. The van der Waals surface area contributed by atoms with Gasteiger partial charge in [-0.05, 0) is 50.9 Å². The van der Waals surface area contributed by atoms with Gasteiger partial charge < -0.3 is 15.2 Å². The van der Waals surface area contributed by atoms with Crippen LogP contribution in [0.3, 0.4) is 0 Å². The van der Waals surface area contributed by atoms with E-state index in [9.17, 15) is 0 Å². The Morgan fingerprint density at radius 3 is 2.40 bits per heavy atom. The third-order valence-electron chi connectivity index (χ3n) is 2.48. The summed E-state index contributed by atoms with van der Waals surface area (Å²) in [5.74, 6) is 2.37. The molecule has 0 unspecified atom stereocenters. The number of aromatic nitrogens is 2. The van der Waals surface area contributed by atoms with Crippen molar-refractivity contribution < 1.29 is 9.47 Å². The highest BCUT2D eigenvalue weighted by Crippen LogP contribution is 2.36. The highest BCUT2D eigenvalue weighted by Gasteiger charge is 2.09. The fraction of sp³-hybridized carbons (Fsp3) is 0.231. The molecule has 5 nitrogen and oxygen atoms in total. The summed E-state index contributed by atoms with van der Waals surface area (Å²) in [5.41, 5.74) is 6.49. The second kappa shape index (κ2) is 6.41. The predicted octanol–water partition coefficient (Wildman–Crippen LogP) is 3.48. The van der Waals surface area contributed by atoms with Gasteiger partial charge in [0, 0.05) is 11.8 Å². The molecule has 0 bridgehead atoms. The Morgan fingerprint density at radius 2 is 1.75 bits per heavy atom. The third kappa shape index (κ3) is 3.61. The van der Waals surface area contributed by atoms with Crippen LogP contribution in [0.25, 0.3) is 0 Å². The molecule has 2 rings (SSSR count). The molecule has 0 aliphatic carbocycles. The van der Waals surface area contributed by atoms with Crippen molar-refractivity contribution in [3.63, 3.8) is 0 Å². The zero-order chi connectivity index (χ0) is 14.7. The van der Waals surface area contributed by atoms with Gasteiger partial charge in [0.1, 0.15) is 23.9 Å². The number of rotatable bonds is 4. The lowest BCUT2D eigenvalue weighted by molar-refractivity contribution is 0.293. The molecule has 0 amide bonds. The number of anilines is 1. The van der Waals surface area contributed by atoms with Crippen molar-refractivity contribution in [3.8, 4) is 11.5 Å². The van der Waals surface area contributed by atoms with E-state index in [1.165, 1.54) is 0 Å². The number of aryl methyl sites for hydroxylation is 1. The van der Waals surface area contributed by atoms with Crippen LogP contribution in [-0.4, -0.2) is 17.1 Å². The van der Waals surface area contributed by atoms with E-state index in [-0.39, 0.29) is 6.61 Å². The van der Waals surface area contributed by atoms with Crippen LogP contribution < -0.4 is 15.2 Å². The molecule has 1 aromatic carbocycles. The molecular weight excluding hydrogens is 390 g/mol. The van der Waals surface area contributed by atoms with E-state index in [4.69, 9.17) is 15.2 Å². The van der Waals surface area contributed by atoms with E-state index < -0.39 is 0 Å². The third-order valence-corrected chi connectivity index (χ3v) is 3.72. The molecule has 106 valence electrons. The van der Waals surface area contributed by atoms with Gasteiger partial charge in [-0.15, -0.1) is 0 Å². The summed E-state index contributed by atoms with van der Waals surface area (Å²) in [5, 5.41) is 0. The molecule has 7 heteroatoms. The molecular formula is C13H13Br2N3O2. The van der Waals surface area contributed by atoms with Gasteiger partial charge in [0.25, 0.3) is 0 Å². The highest BCUT2D eigenvalue weighted by atomic mass is 79.9. The van der Waals surface area contributed by atoms with Gasteiger partial charge in [0.15, 0.2) is 5.82 Å². The normalized spacial score (nSPS) is 10.4. The summed E-state index contributed by atoms with van der Waals surface area (Å²) in [6.45, 7) is 2.10. The number of nitrogens with two attached hydrogens (primary N) is 1. The summed E-state index contributed by atoms with van der Waals surface area (Å²) in [6, 6.07) is 5.36. The Bertz CT molecular complexity index is 615. The second-order valence-corrected chi connectivity index (χ2v) is 5.76. The fourth-order valence-electron chi connectivity index (χ4n) is 1.64. The highest BCUT2D eigenvalue weighted by molar-refractivity contribution is 9.11. The monoisotopic (exact) mass is 401 g/mol. The van der Waals surface area contributed by atoms with Crippen LogP contribution in [0.5, 0.6) is 11.5 Å². The van der Waals surface area contributed by atoms with Crippen molar-refractivity contribution in [1.29, 1.82) is 0 Å². The predicted molar refractivity (Wildman–Crippen MR) is 83.9 cm³/mol. The molecule has 2 aromatic rings. The summed E-state index contributed by atoms with van der Waals surface area (Å²) in [6.07, 6.45) is 0. The Kier molecular flexibility index (Phi) is 4.82. The lowest BCUT2D eigenvalue weighted by atomic mass is 10.3. The van der Waals surface area contributed by atoms with Gasteiger partial charge in [-0.25, -0.2) is 9.97 Å². The van der Waals surface area contributed by atoms with Crippen LogP contribution in [-0.2, 0) is 6.61 Å². The molecule has 0 atom stereocenters. The van der Waals surface area contributed by atoms with Crippen molar-refractivity contribution in [1.82, 2.24) is 9.97 Å². The van der Waals surface area contributed by atoms with Gasteiger partial charge in [-0.2, -0.15) is 0 Å². The molecule has 0 aliphatic rings. The maximum atomic E-state index is 5.70. The first-order valence-electron chi connectivity index (χ1n) is 5.75. The molecule has 0 fully saturated rings. The minimum absolute atomic E-state index is 0.239. The molecule has 1 heterocycles. The first kappa shape index (κ1) is 15.1. The smallest absolute Gasteiger partial charge is 0.168 e. The Labute approximate surface area is 133 Å². The van der Waals surface area contributed by atoms with Gasteiger partial charge in [-0.3, -0.25) is 0 Å². The zero-order valence-electron chi connectivity index (χ0n) is 11.0. The Balaban J connectivity index is 2.16. The summed E-state index contributed by atoms with van der Waals surface area (Å²) >= 11 is 6.85. The Morgan fingerprint density at radius 1 is 1.10 bits per heavy atom. The van der Waals surface area contributed by atoms with Gasteiger partial charge in [-0.1, -0.05) is 0 Å². The van der Waals surface area contributed by atoms with Crippen LogP contribution in [0.1, 0.15) is 11.5 Å². The topological polar surface area (TPSA) is 70.3 Å². The molecule has 0 saturated heterocycles. The molecule has 1 aromatic heterocycles. The lowest BCUT2D eigenvalue weighted by Gasteiger charge is -2.11. The molecule has 0 radical (unpaired) electrons. The van der Waals surface area contributed by atoms with Crippen molar-refractivity contribution >= 4 is 37.7 Å². The molecule has 0 aliphatic heterocycles. The minimum atomic E-state index is 0.239. The Hall–Kier alpha value is -1.34.